The van der Waals surface area contributed by atoms with Gasteiger partial charge in [-0.2, -0.15) is 0 Å². The van der Waals surface area contributed by atoms with Crippen molar-refractivity contribution < 1.29 is 9.90 Å². The zero-order valence-corrected chi connectivity index (χ0v) is 16.6. The maximum atomic E-state index is 12.5. The zero-order valence-electron chi connectivity index (χ0n) is 16.6. The number of carbonyl (C=O) groups is 1. The summed E-state index contributed by atoms with van der Waals surface area (Å²) in [6.45, 7) is 9.41. The predicted octanol–water partition coefficient (Wildman–Crippen LogP) is 4.66. The zero-order chi connectivity index (χ0) is 18.5. The van der Waals surface area contributed by atoms with E-state index in [1.165, 1.54) is 17.5 Å². The van der Waals surface area contributed by atoms with Gasteiger partial charge in [-0.3, -0.25) is 9.69 Å². The number of rotatable bonds is 4. The lowest BCUT2D eigenvalue weighted by atomic mass is 9.55. The lowest BCUT2D eigenvalue weighted by Gasteiger charge is -2.48. The standard InChI is InChI=1S/C23H33NO2/c1-4-24(5-2)14-16-12-19-15(13-21(16)25)6-7-18-17(19)10-11-23(3)20(18)8-9-22(23)26/h12-13,17-18,20,25H,4-11,14H2,1-3H3/t17-,18+,20-,23-/m0/s1. The molecule has 0 aliphatic heterocycles. The molecule has 0 heterocycles. The molecule has 3 nitrogen and oxygen atoms in total. The molecule has 4 rings (SSSR count). The van der Waals surface area contributed by atoms with Crippen molar-refractivity contribution in [1.82, 2.24) is 4.90 Å². The van der Waals surface area contributed by atoms with E-state index in [1.807, 2.05) is 6.07 Å². The van der Waals surface area contributed by atoms with Crippen molar-refractivity contribution in [3.63, 3.8) is 0 Å². The molecule has 0 bridgehead atoms. The van der Waals surface area contributed by atoms with Crippen molar-refractivity contribution in [2.75, 3.05) is 13.1 Å². The monoisotopic (exact) mass is 355 g/mol. The fourth-order valence-electron chi connectivity index (χ4n) is 6.24. The summed E-state index contributed by atoms with van der Waals surface area (Å²) in [6, 6.07) is 4.34. The second-order valence-corrected chi connectivity index (χ2v) is 8.97. The van der Waals surface area contributed by atoms with Crippen LogP contribution in [0.25, 0.3) is 0 Å². The van der Waals surface area contributed by atoms with Gasteiger partial charge in [-0.25, -0.2) is 0 Å². The number of phenolic OH excluding ortho intramolecular Hbond substituents is 1. The fourth-order valence-corrected chi connectivity index (χ4v) is 6.24. The van der Waals surface area contributed by atoms with Crippen LogP contribution in [0.2, 0.25) is 0 Å². The largest absolute Gasteiger partial charge is 0.508 e. The van der Waals surface area contributed by atoms with E-state index in [1.54, 1.807) is 0 Å². The Labute approximate surface area is 157 Å². The number of phenols is 1. The molecule has 3 heteroatoms. The van der Waals surface area contributed by atoms with E-state index in [-0.39, 0.29) is 5.41 Å². The molecule has 0 amide bonds. The smallest absolute Gasteiger partial charge is 0.139 e. The van der Waals surface area contributed by atoms with Crippen LogP contribution in [0, 0.1) is 17.3 Å². The van der Waals surface area contributed by atoms with Crippen LogP contribution in [-0.4, -0.2) is 28.9 Å². The van der Waals surface area contributed by atoms with Crippen LogP contribution in [0.3, 0.4) is 0 Å². The van der Waals surface area contributed by atoms with E-state index >= 15 is 0 Å². The third kappa shape index (κ3) is 2.70. The first kappa shape index (κ1) is 18.0. The molecule has 0 radical (unpaired) electrons. The van der Waals surface area contributed by atoms with Crippen molar-refractivity contribution in [1.29, 1.82) is 0 Å². The van der Waals surface area contributed by atoms with Gasteiger partial charge in [-0.05, 0) is 80.1 Å². The molecule has 3 aliphatic carbocycles. The summed E-state index contributed by atoms with van der Waals surface area (Å²) in [5.41, 5.74) is 3.84. The third-order valence-electron chi connectivity index (χ3n) is 7.92. The summed E-state index contributed by atoms with van der Waals surface area (Å²) < 4.78 is 0. The SMILES string of the molecule is CCN(CC)Cc1cc2c(cc1O)CC[C@@H]1[C@@H]2CC[C@]2(C)C(=O)CC[C@@H]12. The molecule has 2 saturated carbocycles. The minimum Gasteiger partial charge on any atom is -0.508 e. The number of ketones is 1. The molecule has 3 aliphatic rings. The topological polar surface area (TPSA) is 40.5 Å². The van der Waals surface area contributed by atoms with Gasteiger partial charge in [0.25, 0.3) is 0 Å². The maximum Gasteiger partial charge on any atom is 0.139 e. The first-order valence-electron chi connectivity index (χ1n) is 10.6. The lowest BCUT2D eigenvalue weighted by Crippen LogP contribution is -2.42. The summed E-state index contributed by atoms with van der Waals surface area (Å²) >= 11 is 0. The highest BCUT2D eigenvalue weighted by atomic mass is 16.3. The van der Waals surface area contributed by atoms with Gasteiger partial charge in [0.05, 0.1) is 0 Å². The Morgan fingerprint density at radius 3 is 2.65 bits per heavy atom. The first-order chi connectivity index (χ1) is 12.5. The molecule has 4 atom stereocenters. The van der Waals surface area contributed by atoms with Crippen molar-refractivity contribution in [3.05, 3.63) is 28.8 Å². The molecule has 26 heavy (non-hydrogen) atoms. The van der Waals surface area contributed by atoms with Crippen LogP contribution in [-0.2, 0) is 17.8 Å². The van der Waals surface area contributed by atoms with Crippen LogP contribution in [0.15, 0.2) is 12.1 Å². The molecular weight excluding hydrogens is 322 g/mol. The molecule has 0 unspecified atom stereocenters. The Hall–Kier alpha value is -1.35. The van der Waals surface area contributed by atoms with Gasteiger partial charge >= 0.3 is 0 Å². The summed E-state index contributed by atoms with van der Waals surface area (Å²) in [5.74, 6) is 2.78. The Balaban J connectivity index is 1.66. The molecule has 1 aromatic rings. The lowest BCUT2D eigenvalue weighted by molar-refractivity contribution is -0.129. The average Bonchev–Trinajstić information content (AvgIpc) is 2.95. The van der Waals surface area contributed by atoms with E-state index in [0.717, 1.165) is 57.3 Å². The maximum absolute atomic E-state index is 12.5. The van der Waals surface area contributed by atoms with Gasteiger partial charge in [-0.15, -0.1) is 0 Å². The van der Waals surface area contributed by atoms with Crippen LogP contribution in [0.5, 0.6) is 5.75 Å². The summed E-state index contributed by atoms with van der Waals surface area (Å²) in [4.78, 5) is 14.9. The van der Waals surface area contributed by atoms with Gasteiger partial charge in [0.15, 0.2) is 0 Å². The van der Waals surface area contributed by atoms with Crippen LogP contribution in [0.4, 0.5) is 0 Å². The summed E-state index contributed by atoms with van der Waals surface area (Å²) in [5, 5.41) is 10.6. The number of aromatic hydroxyl groups is 1. The quantitative estimate of drug-likeness (QED) is 0.854. The number of nitrogens with zero attached hydrogens (tertiary/aromatic N) is 1. The Bertz CT molecular complexity index is 708. The number of fused-ring (bicyclic) bond motifs is 5. The fraction of sp³-hybridized carbons (Fsp3) is 0.696. The number of aryl methyl sites for hydroxylation is 1. The van der Waals surface area contributed by atoms with Crippen molar-refractivity contribution >= 4 is 5.78 Å². The van der Waals surface area contributed by atoms with E-state index < -0.39 is 0 Å². The highest BCUT2D eigenvalue weighted by Crippen LogP contribution is 2.59. The summed E-state index contributed by atoms with van der Waals surface area (Å²) in [7, 11) is 0. The molecule has 0 spiro atoms. The minimum absolute atomic E-state index is 0.0559. The molecule has 2 fully saturated rings. The summed E-state index contributed by atoms with van der Waals surface area (Å²) in [6.07, 6.45) is 6.29. The highest BCUT2D eigenvalue weighted by Gasteiger charge is 2.54. The second kappa shape index (κ2) is 6.67. The number of hydrogen-bond donors (Lipinski definition) is 1. The van der Waals surface area contributed by atoms with Gasteiger partial charge in [0.1, 0.15) is 11.5 Å². The average molecular weight is 356 g/mol. The van der Waals surface area contributed by atoms with Crippen LogP contribution >= 0.6 is 0 Å². The van der Waals surface area contributed by atoms with Crippen LogP contribution in [0.1, 0.15) is 75.5 Å². The third-order valence-corrected chi connectivity index (χ3v) is 7.92. The second-order valence-electron chi connectivity index (χ2n) is 8.97. The molecule has 0 saturated heterocycles. The van der Waals surface area contributed by atoms with Gasteiger partial charge in [0, 0.05) is 23.9 Å². The van der Waals surface area contributed by atoms with E-state index in [2.05, 4.69) is 31.7 Å². The molecule has 0 aromatic heterocycles. The van der Waals surface area contributed by atoms with Gasteiger partial charge in [0.2, 0.25) is 0 Å². The first-order valence-corrected chi connectivity index (χ1v) is 10.6. The Kier molecular flexibility index (Phi) is 4.63. The molecule has 1 N–H and O–H groups in total. The van der Waals surface area contributed by atoms with Gasteiger partial charge < -0.3 is 5.11 Å². The highest BCUT2D eigenvalue weighted by molar-refractivity contribution is 5.87. The van der Waals surface area contributed by atoms with Crippen molar-refractivity contribution in [3.8, 4) is 5.75 Å². The molecule has 142 valence electrons. The number of carbonyl (C=O) groups excluding carboxylic acids is 1. The predicted molar refractivity (Wildman–Crippen MR) is 104 cm³/mol. The number of benzene rings is 1. The van der Waals surface area contributed by atoms with Gasteiger partial charge in [-0.1, -0.05) is 26.8 Å². The van der Waals surface area contributed by atoms with E-state index in [0.29, 0.717) is 29.3 Å². The number of hydrogen-bond acceptors (Lipinski definition) is 3. The van der Waals surface area contributed by atoms with Crippen molar-refractivity contribution in [2.45, 2.75) is 71.8 Å². The molecule has 1 aromatic carbocycles. The van der Waals surface area contributed by atoms with E-state index in [4.69, 9.17) is 0 Å². The van der Waals surface area contributed by atoms with Crippen molar-refractivity contribution in [2.24, 2.45) is 17.3 Å². The Morgan fingerprint density at radius 1 is 1.15 bits per heavy atom. The minimum atomic E-state index is -0.0559. The molecular formula is C23H33NO2. The number of Topliss-reactive ketones (excluding diaryl/α,β-unsaturated/α-hetero) is 1. The van der Waals surface area contributed by atoms with Crippen LogP contribution < -0.4 is 0 Å². The Morgan fingerprint density at radius 2 is 1.92 bits per heavy atom. The van der Waals surface area contributed by atoms with E-state index in [9.17, 15) is 9.90 Å². The normalized spacial score (nSPS) is 33.1.